The van der Waals surface area contributed by atoms with E-state index in [1.54, 1.807) is 55.5 Å². The molecule has 0 radical (unpaired) electrons. The van der Waals surface area contributed by atoms with Gasteiger partial charge < -0.3 is 15.4 Å². The zero-order valence-corrected chi connectivity index (χ0v) is 15.1. The second-order valence-corrected chi connectivity index (χ2v) is 5.78. The fraction of sp³-hybridized carbons (Fsp3) is 0.0952. The molecule has 0 saturated heterocycles. The van der Waals surface area contributed by atoms with E-state index < -0.39 is 11.9 Å². The summed E-state index contributed by atoms with van der Waals surface area (Å²) in [5.41, 5.74) is 1.64. The van der Waals surface area contributed by atoms with E-state index in [4.69, 9.17) is 4.74 Å². The molecular formula is C21H18FN3O3. The Balaban J connectivity index is 1.70. The molecule has 0 aliphatic heterocycles. The first kappa shape index (κ1) is 19.0. The highest BCUT2D eigenvalue weighted by molar-refractivity contribution is 6.07. The third-order valence-electron chi connectivity index (χ3n) is 3.81. The third-order valence-corrected chi connectivity index (χ3v) is 3.81. The number of hydrogen-bond acceptors (Lipinski definition) is 5. The van der Waals surface area contributed by atoms with Gasteiger partial charge in [-0.05, 0) is 55.5 Å². The molecule has 7 heteroatoms. The first-order valence-corrected chi connectivity index (χ1v) is 8.63. The number of rotatable bonds is 6. The fourth-order valence-corrected chi connectivity index (χ4v) is 2.46. The number of esters is 1. The summed E-state index contributed by atoms with van der Waals surface area (Å²) in [5, 5.41) is 5.71. The number of carbonyl (C=O) groups excluding carboxylic acids is 2. The van der Waals surface area contributed by atoms with Gasteiger partial charge in [0.05, 0.1) is 23.4 Å². The molecule has 0 aliphatic carbocycles. The first-order chi connectivity index (χ1) is 13.6. The Kier molecular flexibility index (Phi) is 5.96. The Hall–Kier alpha value is -3.74. The van der Waals surface area contributed by atoms with Crippen molar-refractivity contribution in [2.75, 3.05) is 17.2 Å². The third kappa shape index (κ3) is 4.70. The van der Waals surface area contributed by atoms with Gasteiger partial charge in [0.2, 0.25) is 0 Å². The summed E-state index contributed by atoms with van der Waals surface area (Å²) in [6.07, 6.45) is 1.41. The lowest BCUT2D eigenvalue weighted by atomic mass is 10.1. The van der Waals surface area contributed by atoms with E-state index in [-0.39, 0.29) is 18.0 Å². The van der Waals surface area contributed by atoms with E-state index in [2.05, 4.69) is 15.6 Å². The normalized spacial score (nSPS) is 10.2. The summed E-state index contributed by atoms with van der Waals surface area (Å²) < 4.78 is 18.0. The van der Waals surface area contributed by atoms with Crippen LogP contribution in [-0.4, -0.2) is 23.5 Å². The van der Waals surface area contributed by atoms with Crippen LogP contribution in [0.2, 0.25) is 0 Å². The zero-order valence-electron chi connectivity index (χ0n) is 15.1. The van der Waals surface area contributed by atoms with E-state index in [0.717, 1.165) is 0 Å². The SMILES string of the molecule is CCOC(=O)c1ccccc1NC(=O)c1ccc(Nc2ccc(F)cc2)nc1. The lowest BCUT2D eigenvalue weighted by Gasteiger charge is -2.11. The molecule has 1 heterocycles. The van der Waals surface area contributed by atoms with Crippen LogP contribution in [-0.2, 0) is 4.74 Å². The summed E-state index contributed by atoms with van der Waals surface area (Å²) in [5.74, 6) is -0.725. The zero-order chi connectivity index (χ0) is 19.9. The Bertz CT molecular complexity index is 973. The first-order valence-electron chi connectivity index (χ1n) is 8.63. The average Bonchev–Trinajstić information content (AvgIpc) is 2.71. The highest BCUT2D eigenvalue weighted by Gasteiger charge is 2.15. The van der Waals surface area contributed by atoms with Crippen molar-refractivity contribution < 1.29 is 18.7 Å². The summed E-state index contributed by atoms with van der Waals surface area (Å²) in [7, 11) is 0. The molecule has 0 spiro atoms. The van der Waals surface area contributed by atoms with Crippen molar-refractivity contribution in [2.24, 2.45) is 0 Å². The lowest BCUT2D eigenvalue weighted by Crippen LogP contribution is -2.16. The molecule has 2 aromatic carbocycles. The van der Waals surface area contributed by atoms with Crippen LogP contribution >= 0.6 is 0 Å². The van der Waals surface area contributed by atoms with Crippen molar-refractivity contribution in [1.29, 1.82) is 0 Å². The van der Waals surface area contributed by atoms with Crippen molar-refractivity contribution >= 4 is 29.1 Å². The van der Waals surface area contributed by atoms with E-state index in [1.807, 2.05) is 0 Å². The van der Waals surface area contributed by atoms with Crippen LogP contribution in [0.15, 0.2) is 66.9 Å². The molecule has 3 aromatic rings. The molecule has 6 nitrogen and oxygen atoms in total. The van der Waals surface area contributed by atoms with Crippen LogP contribution in [0.25, 0.3) is 0 Å². The predicted molar refractivity (Wildman–Crippen MR) is 104 cm³/mol. The second-order valence-electron chi connectivity index (χ2n) is 5.78. The van der Waals surface area contributed by atoms with Gasteiger partial charge in [-0.2, -0.15) is 0 Å². The molecule has 0 fully saturated rings. The quantitative estimate of drug-likeness (QED) is 0.621. The maximum absolute atomic E-state index is 13.0. The van der Waals surface area contributed by atoms with Crippen molar-refractivity contribution in [3.8, 4) is 0 Å². The highest BCUT2D eigenvalue weighted by atomic mass is 19.1. The topological polar surface area (TPSA) is 80.3 Å². The molecule has 0 unspecified atom stereocenters. The minimum Gasteiger partial charge on any atom is -0.462 e. The van der Waals surface area contributed by atoms with Crippen molar-refractivity contribution in [1.82, 2.24) is 4.98 Å². The number of nitrogens with one attached hydrogen (secondary N) is 2. The number of hydrogen-bond donors (Lipinski definition) is 2. The number of carbonyl (C=O) groups is 2. The van der Waals surface area contributed by atoms with Crippen molar-refractivity contribution in [3.63, 3.8) is 0 Å². The summed E-state index contributed by atoms with van der Waals surface area (Å²) in [6, 6.07) is 15.7. The minimum absolute atomic E-state index is 0.244. The van der Waals surface area contributed by atoms with Gasteiger partial charge in [0.1, 0.15) is 11.6 Å². The average molecular weight is 379 g/mol. The van der Waals surface area contributed by atoms with Crippen molar-refractivity contribution in [2.45, 2.75) is 6.92 Å². The molecule has 1 amide bonds. The summed E-state index contributed by atoms with van der Waals surface area (Å²) in [6.45, 7) is 1.96. The predicted octanol–water partition coefficient (Wildman–Crippen LogP) is 4.39. The van der Waals surface area contributed by atoms with Gasteiger partial charge in [-0.1, -0.05) is 12.1 Å². The second kappa shape index (κ2) is 8.77. The molecular weight excluding hydrogens is 361 g/mol. The lowest BCUT2D eigenvalue weighted by molar-refractivity contribution is 0.0527. The van der Waals surface area contributed by atoms with Crippen LogP contribution in [0.1, 0.15) is 27.6 Å². The number of ether oxygens (including phenoxy) is 1. The van der Waals surface area contributed by atoms with Gasteiger partial charge in [0.15, 0.2) is 0 Å². The van der Waals surface area contributed by atoms with Crippen LogP contribution in [0, 0.1) is 5.82 Å². The maximum Gasteiger partial charge on any atom is 0.340 e. The van der Waals surface area contributed by atoms with Crippen molar-refractivity contribution in [3.05, 3.63) is 83.8 Å². The van der Waals surface area contributed by atoms with Gasteiger partial charge in [0.25, 0.3) is 5.91 Å². The number of nitrogens with zero attached hydrogens (tertiary/aromatic N) is 1. The highest BCUT2D eigenvalue weighted by Crippen LogP contribution is 2.19. The molecule has 3 rings (SSSR count). The Morgan fingerprint density at radius 3 is 2.46 bits per heavy atom. The molecule has 0 bridgehead atoms. The number of pyridine rings is 1. The van der Waals surface area contributed by atoms with E-state index in [9.17, 15) is 14.0 Å². The maximum atomic E-state index is 13.0. The molecule has 28 heavy (non-hydrogen) atoms. The van der Waals surface area contributed by atoms with Crippen LogP contribution in [0.4, 0.5) is 21.6 Å². The largest absolute Gasteiger partial charge is 0.462 e. The van der Waals surface area contributed by atoms with E-state index >= 15 is 0 Å². The molecule has 0 saturated carbocycles. The molecule has 0 aliphatic rings. The Labute approximate surface area is 161 Å². The van der Waals surface area contributed by atoms with Gasteiger partial charge in [-0.3, -0.25) is 4.79 Å². The van der Waals surface area contributed by atoms with Gasteiger partial charge >= 0.3 is 5.97 Å². The smallest absolute Gasteiger partial charge is 0.340 e. The molecule has 142 valence electrons. The minimum atomic E-state index is -0.504. The van der Waals surface area contributed by atoms with E-state index in [1.165, 1.54) is 18.3 Å². The number of benzene rings is 2. The van der Waals surface area contributed by atoms with Gasteiger partial charge in [0, 0.05) is 11.9 Å². The fourth-order valence-electron chi connectivity index (χ4n) is 2.46. The Morgan fingerprint density at radius 1 is 1.04 bits per heavy atom. The number of halogens is 1. The van der Waals surface area contributed by atoms with Crippen LogP contribution in [0.5, 0.6) is 0 Å². The number of amides is 1. The molecule has 1 aromatic heterocycles. The van der Waals surface area contributed by atoms with Crippen LogP contribution in [0.3, 0.4) is 0 Å². The van der Waals surface area contributed by atoms with E-state index in [0.29, 0.717) is 22.8 Å². The Morgan fingerprint density at radius 2 is 1.79 bits per heavy atom. The van der Waals surface area contributed by atoms with Gasteiger partial charge in [-0.15, -0.1) is 0 Å². The van der Waals surface area contributed by atoms with Gasteiger partial charge in [-0.25, -0.2) is 14.2 Å². The molecule has 0 atom stereocenters. The standard InChI is InChI=1S/C21H18FN3O3/c1-2-28-21(27)17-5-3-4-6-18(17)25-20(26)14-7-12-19(23-13-14)24-16-10-8-15(22)9-11-16/h3-13H,2H2,1H3,(H,23,24)(H,25,26). The van der Waals surface area contributed by atoms with Crippen LogP contribution < -0.4 is 10.6 Å². The number of anilines is 3. The summed E-state index contributed by atoms with van der Waals surface area (Å²) >= 11 is 0. The summed E-state index contributed by atoms with van der Waals surface area (Å²) in [4.78, 5) is 28.7. The number of aromatic nitrogens is 1. The molecule has 2 N–H and O–H groups in total. The monoisotopic (exact) mass is 379 g/mol. The number of para-hydroxylation sites is 1.